The van der Waals surface area contributed by atoms with Crippen molar-refractivity contribution in [2.75, 3.05) is 0 Å². The first kappa shape index (κ1) is 9.86. The van der Waals surface area contributed by atoms with Crippen LogP contribution in [0.5, 0.6) is 0 Å². The first-order valence-corrected chi connectivity index (χ1v) is 6.18. The minimum atomic E-state index is 1.06. The Morgan fingerprint density at radius 2 is 1.81 bits per heavy atom. The Bertz CT molecular complexity index is 553. The molecular weight excluding hydrogens is 260 g/mol. The second-order valence-corrected chi connectivity index (χ2v) is 4.86. The number of hydrogen-bond donors (Lipinski definition) is 0. The minimum absolute atomic E-state index is 1.06. The van der Waals surface area contributed by atoms with Gasteiger partial charge in [-0.05, 0) is 40.8 Å². The molecule has 0 heterocycles. The van der Waals surface area contributed by atoms with Crippen molar-refractivity contribution in [2.24, 2.45) is 0 Å². The van der Waals surface area contributed by atoms with Crippen molar-refractivity contribution >= 4 is 22.0 Å². The van der Waals surface area contributed by atoms with Gasteiger partial charge < -0.3 is 0 Å². The van der Waals surface area contributed by atoms with Gasteiger partial charge in [0.1, 0.15) is 0 Å². The fraction of sp³-hybridized carbons (Fsp3) is 0.0667. The van der Waals surface area contributed by atoms with E-state index in [-0.39, 0.29) is 0 Å². The molecule has 2 aromatic carbocycles. The third-order valence-corrected chi connectivity index (χ3v) is 3.60. The summed E-state index contributed by atoms with van der Waals surface area (Å²) in [5.74, 6) is 0. The van der Waals surface area contributed by atoms with Gasteiger partial charge in [0.15, 0.2) is 0 Å². The van der Waals surface area contributed by atoms with Crippen LogP contribution in [0.2, 0.25) is 0 Å². The second kappa shape index (κ2) is 3.91. The number of hydrogen-bond acceptors (Lipinski definition) is 0. The van der Waals surface area contributed by atoms with E-state index in [0.29, 0.717) is 0 Å². The molecule has 0 aliphatic heterocycles. The molecular formula is C15H11Br. The Morgan fingerprint density at radius 1 is 1.00 bits per heavy atom. The van der Waals surface area contributed by atoms with Gasteiger partial charge in [-0.25, -0.2) is 0 Å². The molecule has 0 radical (unpaired) electrons. The summed E-state index contributed by atoms with van der Waals surface area (Å²) < 4.78 is 1.18. The number of halogens is 1. The highest BCUT2D eigenvalue weighted by Gasteiger charge is 2.10. The zero-order valence-corrected chi connectivity index (χ0v) is 10.4. The normalized spacial score (nSPS) is 12.8. The van der Waals surface area contributed by atoms with Crippen molar-refractivity contribution in [3.63, 3.8) is 0 Å². The van der Waals surface area contributed by atoms with Gasteiger partial charge >= 0.3 is 0 Å². The van der Waals surface area contributed by atoms with Gasteiger partial charge in [-0.3, -0.25) is 0 Å². The van der Waals surface area contributed by atoms with E-state index < -0.39 is 0 Å². The average molecular weight is 271 g/mol. The van der Waals surface area contributed by atoms with Crippen LogP contribution >= 0.6 is 15.9 Å². The Morgan fingerprint density at radius 3 is 2.62 bits per heavy atom. The smallest absolute Gasteiger partial charge is 0.0257 e. The third kappa shape index (κ3) is 1.61. The van der Waals surface area contributed by atoms with Gasteiger partial charge in [0.25, 0.3) is 0 Å². The van der Waals surface area contributed by atoms with E-state index in [1.54, 1.807) is 0 Å². The van der Waals surface area contributed by atoms with Crippen molar-refractivity contribution in [3.8, 4) is 11.1 Å². The summed E-state index contributed by atoms with van der Waals surface area (Å²) in [5.41, 5.74) is 5.29. The molecule has 2 aromatic rings. The quantitative estimate of drug-likeness (QED) is 0.706. The van der Waals surface area contributed by atoms with Crippen molar-refractivity contribution in [1.82, 2.24) is 0 Å². The van der Waals surface area contributed by atoms with Crippen LogP contribution in [0.15, 0.2) is 53.0 Å². The Hall–Kier alpha value is -1.34. The zero-order chi connectivity index (χ0) is 11.0. The van der Waals surface area contributed by atoms with E-state index in [0.717, 1.165) is 6.42 Å². The van der Waals surface area contributed by atoms with Crippen molar-refractivity contribution in [3.05, 3.63) is 64.1 Å². The lowest BCUT2D eigenvalue weighted by molar-refractivity contribution is 1.30. The summed E-state index contributed by atoms with van der Waals surface area (Å²) >= 11 is 3.66. The molecule has 0 saturated carbocycles. The number of fused-ring (bicyclic) bond motifs is 1. The summed E-state index contributed by atoms with van der Waals surface area (Å²) in [5, 5.41) is 0. The highest BCUT2D eigenvalue weighted by Crippen LogP contribution is 2.33. The van der Waals surface area contributed by atoms with Crippen molar-refractivity contribution in [1.29, 1.82) is 0 Å². The molecule has 1 heteroatoms. The highest BCUT2D eigenvalue weighted by molar-refractivity contribution is 9.10. The maximum Gasteiger partial charge on any atom is 0.0257 e. The largest absolute Gasteiger partial charge is 0.0795 e. The van der Waals surface area contributed by atoms with Crippen LogP contribution in [0.4, 0.5) is 0 Å². The van der Waals surface area contributed by atoms with Crippen LogP contribution in [0.25, 0.3) is 17.2 Å². The van der Waals surface area contributed by atoms with E-state index >= 15 is 0 Å². The zero-order valence-electron chi connectivity index (χ0n) is 8.78. The van der Waals surface area contributed by atoms with Gasteiger partial charge in [-0.1, -0.05) is 58.4 Å². The monoisotopic (exact) mass is 270 g/mol. The summed E-state index contributed by atoms with van der Waals surface area (Å²) in [6.07, 6.45) is 5.48. The minimum Gasteiger partial charge on any atom is -0.0795 e. The van der Waals surface area contributed by atoms with Gasteiger partial charge in [0.05, 0.1) is 0 Å². The van der Waals surface area contributed by atoms with Gasteiger partial charge in [0, 0.05) is 4.47 Å². The lowest BCUT2D eigenvalue weighted by Gasteiger charge is -2.08. The molecule has 0 unspecified atom stereocenters. The predicted octanol–water partition coefficient (Wildman–Crippen LogP) is 4.69. The third-order valence-electron chi connectivity index (χ3n) is 2.95. The summed E-state index contributed by atoms with van der Waals surface area (Å²) in [4.78, 5) is 0. The molecule has 0 aromatic heterocycles. The van der Waals surface area contributed by atoms with Crippen LogP contribution in [0, 0.1) is 0 Å². The molecule has 1 aliphatic carbocycles. The first-order chi connectivity index (χ1) is 7.84. The molecule has 0 spiro atoms. The molecule has 0 bridgehead atoms. The van der Waals surface area contributed by atoms with E-state index in [1.807, 2.05) is 6.07 Å². The lowest BCUT2D eigenvalue weighted by Crippen LogP contribution is -1.86. The predicted molar refractivity (Wildman–Crippen MR) is 72.3 cm³/mol. The summed E-state index contributed by atoms with van der Waals surface area (Å²) in [6, 6.07) is 15.0. The fourth-order valence-electron chi connectivity index (χ4n) is 2.11. The molecule has 0 N–H and O–H groups in total. The van der Waals surface area contributed by atoms with Crippen LogP contribution in [-0.4, -0.2) is 0 Å². The summed E-state index contributed by atoms with van der Waals surface area (Å²) in [7, 11) is 0. The molecule has 78 valence electrons. The van der Waals surface area contributed by atoms with E-state index in [4.69, 9.17) is 0 Å². The molecule has 0 amide bonds. The SMILES string of the molecule is Brc1cc2c(cc1-c1ccccc1)C=CC2. The molecule has 1 aliphatic rings. The molecule has 0 fully saturated rings. The highest BCUT2D eigenvalue weighted by atomic mass is 79.9. The van der Waals surface area contributed by atoms with Crippen molar-refractivity contribution in [2.45, 2.75) is 6.42 Å². The maximum atomic E-state index is 3.66. The van der Waals surface area contributed by atoms with E-state index in [2.05, 4.69) is 64.5 Å². The van der Waals surface area contributed by atoms with Crippen LogP contribution in [-0.2, 0) is 6.42 Å². The molecule has 16 heavy (non-hydrogen) atoms. The van der Waals surface area contributed by atoms with E-state index in [1.165, 1.54) is 26.7 Å². The standard InChI is InChI=1S/C15H11Br/c16-15-10-13-8-4-7-12(13)9-14(15)11-5-2-1-3-6-11/h1-7,9-10H,8H2. The number of allylic oxidation sites excluding steroid dienone is 1. The van der Waals surface area contributed by atoms with Crippen molar-refractivity contribution < 1.29 is 0 Å². The molecule has 0 atom stereocenters. The van der Waals surface area contributed by atoms with E-state index in [9.17, 15) is 0 Å². The maximum absolute atomic E-state index is 3.66. The van der Waals surface area contributed by atoms with Crippen LogP contribution < -0.4 is 0 Å². The Labute approximate surface area is 104 Å². The van der Waals surface area contributed by atoms with Crippen LogP contribution in [0.3, 0.4) is 0 Å². The fourth-order valence-corrected chi connectivity index (χ4v) is 2.73. The second-order valence-electron chi connectivity index (χ2n) is 4.00. The van der Waals surface area contributed by atoms with Crippen LogP contribution in [0.1, 0.15) is 11.1 Å². The average Bonchev–Trinajstić information content (AvgIpc) is 2.76. The topological polar surface area (TPSA) is 0 Å². The van der Waals surface area contributed by atoms with Gasteiger partial charge in [0.2, 0.25) is 0 Å². The molecule has 3 rings (SSSR count). The number of rotatable bonds is 1. The lowest BCUT2D eigenvalue weighted by atomic mass is 10.0. The summed E-state index contributed by atoms with van der Waals surface area (Å²) in [6.45, 7) is 0. The molecule has 0 nitrogen and oxygen atoms in total. The Balaban J connectivity index is 2.18. The first-order valence-electron chi connectivity index (χ1n) is 5.39. The van der Waals surface area contributed by atoms with Gasteiger partial charge in [-0.2, -0.15) is 0 Å². The Kier molecular flexibility index (Phi) is 2.41. The number of benzene rings is 2. The molecule has 0 saturated heterocycles. The van der Waals surface area contributed by atoms with Gasteiger partial charge in [-0.15, -0.1) is 0 Å².